The highest BCUT2D eigenvalue weighted by atomic mass is 19.1. The molecule has 2 aliphatic heterocycles. The number of aliphatic imine (C=N–C) groups is 1. The number of aliphatic hydroxyl groups is 1. The molecule has 7 nitrogen and oxygen atoms in total. The minimum Gasteiger partial charge on any atom is -0.508 e. The van der Waals surface area contributed by atoms with Gasteiger partial charge in [0.25, 0.3) is 0 Å². The summed E-state index contributed by atoms with van der Waals surface area (Å²) in [6.07, 6.45) is 1.37. The number of halogens is 2. The molecule has 0 saturated carbocycles. The van der Waals surface area contributed by atoms with Crippen molar-refractivity contribution >= 4 is 22.3 Å². The number of benzene rings is 2. The number of aromatic hydroxyl groups is 1. The summed E-state index contributed by atoms with van der Waals surface area (Å²) in [5.74, 6) is -0.756. The number of aliphatic hydroxyl groups excluding tert-OH is 1. The molecule has 1 fully saturated rings. The SMILES string of the molecule is CCc1c(F)ccc2cc(O)cc(-c3ncc4c(c3F)N(C)C(O)N=C4N3COCCC3C)c12. The molecule has 2 aliphatic rings. The van der Waals surface area contributed by atoms with Crippen LogP contribution in [0.1, 0.15) is 31.4 Å². The molecule has 0 spiro atoms. The normalized spacial score (nSPS) is 20.5. The molecule has 178 valence electrons. The van der Waals surface area contributed by atoms with E-state index in [4.69, 9.17) is 4.74 Å². The van der Waals surface area contributed by atoms with Gasteiger partial charge in [-0.3, -0.25) is 4.98 Å². The molecule has 2 aromatic carbocycles. The number of ether oxygens (including phenoxy) is 1. The van der Waals surface area contributed by atoms with Crippen molar-refractivity contribution in [3.05, 3.63) is 53.2 Å². The number of phenols is 1. The standard InChI is InChI=1S/C25H26F2N4O3/c1-4-16-19(26)6-5-14-9-15(32)10-17(20(14)16)22-21(27)23-18(11-28-22)24(29-25(33)30(23)3)31-12-34-8-7-13(31)2/h5-6,9-11,13,25,32-33H,4,7-8,12H2,1-3H3. The maximum Gasteiger partial charge on any atom is 0.227 e. The van der Waals surface area contributed by atoms with E-state index in [1.165, 1.54) is 29.3 Å². The molecular formula is C25H26F2N4O3. The molecule has 34 heavy (non-hydrogen) atoms. The number of hydrogen-bond acceptors (Lipinski definition) is 7. The quantitative estimate of drug-likeness (QED) is 0.592. The van der Waals surface area contributed by atoms with Crippen molar-refractivity contribution in [1.82, 2.24) is 9.88 Å². The number of nitrogens with zero attached hydrogens (tertiary/aromatic N) is 4. The minimum atomic E-state index is -1.30. The summed E-state index contributed by atoms with van der Waals surface area (Å²) in [4.78, 5) is 12.0. The van der Waals surface area contributed by atoms with Crippen molar-refractivity contribution in [2.75, 3.05) is 25.3 Å². The highest BCUT2D eigenvalue weighted by molar-refractivity contribution is 6.06. The van der Waals surface area contributed by atoms with Crippen molar-refractivity contribution in [1.29, 1.82) is 0 Å². The van der Waals surface area contributed by atoms with Gasteiger partial charge in [-0.05, 0) is 54.3 Å². The Morgan fingerprint density at radius 2 is 2.00 bits per heavy atom. The van der Waals surface area contributed by atoms with Gasteiger partial charge in [-0.25, -0.2) is 13.8 Å². The average Bonchev–Trinajstić information content (AvgIpc) is 2.81. The third-order valence-corrected chi connectivity index (χ3v) is 6.65. The fraction of sp³-hybridized carbons (Fsp3) is 0.360. The number of pyridine rings is 1. The van der Waals surface area contributed by atoms with E-state index in [0.717, 1.165) is 6.42 Å². The highest BCUT2D eigenvalue weighted by Gasteiger charge is 2.34. The van der Waals surface area contributed by atoms with E-state index in [0.29, 0.717) is 40.8 Å². The van der Waals surface area contributed by atoms with Gasteiger partial charge in [-0.1, -0.05) is 13.0 Å². The molecule has 0 bridgehead atoms. The number of amidine groups is 1. The second-order valence-corrected chi connectivity index (χ2v) is 8.71. The molecule has 0 radical (unpaired) electrons. The lowest BCUT2D eigenvalue weighted by Gasteiger charge is -2.40. The highest BCUT2D eigenvalue weighted by Crippen LogP contribution is 2.40. The molecule has 3 aromatic rings. The fourth-order valence-corrected chi connectivity index (χ4v) is 4.79. The summed E-state index contributed by atoms with van der Waals surface area (Å²) in [6.45, 7) is 4.73. The van der Waals surface area contributed by atoms with Crippen LogP contribution in [0.5, 0.6) is 5.75 Å². The summed E-state index contributed by atoms with van der Waals surface area (Å²) < 4.78 is 36.4. The summed E-state index contributed by atoms with van der Waals surface area (Å²) in [5, 5.41) is 22.0. The summed E-state index contributed by atoms with van der Waals surface area (Å²) in [6, 6.07) is 5.90. The number of hydrogen-bond donors (Lipinski definition) is 2. The van der Waals surface area contributed by atoms with Gasteiger partial charge in [0.2, 0.25) is 6.35 Å². The van der Waals surface area contributed by atoms with Gasteiger partial charge < -0.3 is 24.7 Å². The summed E-state index contributed by atoms with van der Waals surface area (Å²) in [7, 11) is 1.55. The first-order chi connectivity index (χ1) is 16.3. The fourth-order valence-electron chi connectivity index (χ4n) is 4.79. The predicted octanol–water partition coefficient (Wildman–Crippen LogP) is 3.99. The number of anilines is 1. The monoisotopic (exact) mass is 468 g/mol. The number of phenolic OH excluding ortho intramolecular Hbond substituents is 1. The molecule has 3 heterocycles. The van der Waals surface area contributed by atoms with Crippen molar-refractivity contribution in [2.45, 2.75) is 39.1 Å². The summed E-state index contributed by atoms with van der Waals surface area (Å²) in [5.41, 5.74) is 1.22. The van der Waals surface area contributed by atoms with Crippen LogP contribution in [0.25, 0.3) is 22.0 Å². The number of aromatic nitrogens is 1. The Balaban J connectivity index is 1.74. The van der Waals surface area contributed by atoms with Crippen LogP contribution < -0.4 is 4.90 Å². The third kappa shape index (κ3) is 3.47. The zero-order valence-electron chi connectivity index (χ0n) is 19.2. The Kier molecular flexibility index (Phi) is 5.61. The van der Waals surface area contributed by atoms with Crippen molar-refractivity contribution in [2.24, 2.45) is 4.99 Å². The van der Waals surface area contributed by atoms with E-state index < -0.39 is 18.0 Å². The van der Waals surface area contributed by atoms with Gasteiger partial charge in [0, 0.05) is 24.8 Å². The minimum absolute atomic E-state index is 0.0387. The molecule has 9 heteroatoms. The largest absolute Gasteiger partial charge is 0.508 e. The molecular weight excluding hydrogens is 442 g/mol. The smallest absolute Gasteiger partial charge is 0.227 e. The lowest BCUT2D eigenvalue weighted by atomic mass is 9.94. The molecule has 2 N–H and O–H groups in total. The number of aryl methyl sites for hydroxylation is 1. The first-order valence-corrected chi connectivity index (χ1v) is 11.3. The van der Waals surface area contributed by atoms with Crippen LogP contribution in [-0.4, -0.2) is 58.7 Å². The van der Waals surface area contributed by atoms with Gasteiger partial charge in [0.15, 0.2) is 5.82 Å². The number of fused-ring (bicyclic) bond motifs is 2. The molecule has 1 saturated heterocycles. The lowest BCUT2D eigenvalue weighted by molar-refractivity contribution is -0.00320. The zero-order valence-corrected chi connectivity index (χ0v) is 19.2. The maximum atomic E-state index is 16.2. The predicted molar refractivity (Wildman–Crippen MR) is 126 cm³/mol. The molecule has 2 unspecified atom stereocenters. The van der Waals surface area contributed by atoms with Gasteiger partial charge in [-0.15, -0.1) is 0 Å². The van der Waals surface area contributed by atoms with Gasteiger partial charge in [0.1, 0.15) is 29.8 Å². The third-order valence-electron chi connectivity index (χ3n) is 6.65. The second-order valence-electron chi connectivity index (χ2n) is 8.71. The van der Waals surface area contributed by atoms with E-state index in [9.17, 15) is 14.6 Å². The van der Waals surface area contributed by atoms with E-state index in [1.54, 1.807) is 13.1 Å². The molecule has 5 rings (SSSR count). The van der Waals surface area contributed by atoms with E-state index in [-0.39, 0.29) is 35.5 Å². The van der Waals surface area contributed by atoms with Gasteiger partial charge in [0.05, 0.1) is 17.9 Å². The first kappa shape index (κ1) is 22.5. The lowest BCUT2D eigenvalue weighted by Crippen LogP contribution is -2.48. The Morgan fingerprint density at radius 1 is 1.21 bits per heavy atom. The zero-order chi connectivity index (χ0) is 24.1. The number of rotatable bonds is 2. The molecule has 1 aromatic heterocycles. The van der Waals surface area contributed by atoms with Gasteiger partial charge >= 0.3 is 0 Å². The van der Waals surface area contributed by atoms with Crippen LogP contribution >= 0.6 is 0 Å². The van der Waals surface area contributed by atoms with E-state index in [1.807, 2.05) is 18.7 Å². The summed E-state index contributed by atoms with van der Waals surface area (Å²) >= 11 is 0. The van der Waals surface area contributed by atoms with Crippen LogP contribution in [0, 0.1) is 11.6 Å². The Bertz CT molecular complexity index is 1310. The molecule has 0 aliphatic carbocycles. The van der Waals surface area contributed by atoms with Crippen LogP contribution in [0.4, 0.5) is 14.5 Å². The molecule has 2 atom stereocenters. The average molecular weight is 469 g/mol. The Hall–Kier alpha value is -3.30. The van der Waals surface area contributed by atoms with E-state index >= 15 is 4.39 Å². The topological polar surface area (TPSA) is 81.4 Å². The maximum absolute atomic E-state index is 16.2. The first-order valence-electron chi connectivity index (χ1n) is 11.3. The van der Waals surface area contributed by atoms with E-state index in [2.05, 4.69) is 9.98 Å². The second kappa shape index (κ2) is 8.48. The Labute approximate surface area is 195 Å². The molecule has 0 amide bonds. The van der Waals surface area contributed by atoms with Crippen LogP contribution in [0.15, 0.2) is 35.5 Å². The van der Waals surface area contributed by atoms with Crippen LogP contribution in [-0.2, 0) is 11.2 Å². The van der Waals surface area contributed by atoms with Crippen LogP contribution in [0.2, 0.25) is 0 Å². The van der Waals surface area contributed by atoms with Gasteiger partial charge in [-0.2, -0.15) is 0 Å². The van der Waals surface area contributed by atoms with Crippen LogP contribution in [0.3, 0.4) is 0 Å². The Morgan fingerprint density at radius 3 is 2.74 bits per heavy atom. The van der Waals surface area contributed by atoms with Crippen molar-refractivity contribution < 1.29 is 23.7 Å². The van der Waals surface area contributed by atoms with Crippen molar-refractivity contribution in [3.8, 4) is 17.0 Å². The van der Waals surface area contributed by atoms with Crippen molar-refractivity contribution in [3.63, 3.8) is 0 Å².